The van der Waals surface area contributed by atoms with Crippen LogP contribution in [0.15, 0.2) is 36.4 Å². The summed E-state index contributed by atoms with van der Waals surface area (Å²) >= 11 is 0. The maximum Gasteiger partial charge on any atom is 0.322 e. The average molecular weight is 392 g/mol. The lowest BCUT2D eigenvalue weighted by Crippen LogP contribution is -2.16. The number of hydrogen-bond donors (Lipinski definition) is 4. The molecular formula is C21H24N6O2. The lowest BCUT2D eigenvalue weighted by molar-refractivity contribution is -0.134. The zero-order valence-corrected chi connectivity index (χ0v) is 16.9. The molecule has 0 fully saturated rings. The van der Waals surface area contributed by atoms with Crippen molar-refractivity contribution >= 4 is 35.2 Å². The normalized spacial score (nSPS) is 10.5. The number of aliphatic carboxylic acids is 1. The Balaban J connectivity index is 1.93. The van der Waals surface area contributed by atoms with E-state index >= 15 is 0 Å². The van der Waals surface area contributed by atoms with Gasteiger partial charge >= 0.3 is 5.97 Å². The highest BCUT2D eigenvalue weighted by Crippen LogP contribution is 2.23. The number of benzene rings is 2. The standard InChI is InChI=1S/C21H24N6O2/c1-12-5-7-16(14(3)9-12)23-20-25-19(22-11-18(28)29)26-21(27-20)24-17-8-6-13(2)10-15(17)4/h5-10H,11H2,1-4H3,(H,28,29)(H3,22,23,24,25,26,27). The number of aryl methyl sites for hydroxylation is 4. The summed E-state index contributed by atoms with van der Waals surface area (Å²) in [5, 5.41) is 18.0. The van der Waals surface area contributed by atoms with Crippen LogP contribution in [-0.4, -0.2) is 32.6 Å². The smallest absolute Gasteiger partial charge is 0.322 e. The first-order chi connectivity index (χ1) is 13.8. The van der Waals surface area contributed by atoms with Crippen molar-refractivity contribution < 1.29 is 9.90 Å². The van der Waals surface area contributed by atoms with Crippen LogP contribution in [-0.2, 0) is 4.79 Å². The minimum atomic E-state index is -1.00. The second-order valence-corrected chi connectivity index (χ2v) is 6.94. The molecule has 1 heterocycles. The molecule has 29 heavy (non-hydrogen) atoms. The molecule has 0 saturated carbocycles. The molecule has 0 aliphatic heterocycles. The summed E-state index contributed by atoms with van der Waals surface area (Å²) in [7, 11) is 0. The van der Waals surface area contributed by atoms with Gasteiger partial charge < -0.3 is 21.1 Å². The zero-order valence-electron chi connectivity index (χ0n) is 16.9. The first kappa shape index (κ1) is 20.1. The summed E-state index contributed by atoms with van der Waals surface area (Å²) in [6.45, 7) is 7.75. The van der Waals surface area contributed by atoms with Crippen molar-refractivity contribution in [3.63, 3.8) is 0 Å². The van der Waals surface area contributed by atoms with Crippen LogP contribution in [0.2, 0.25) is 0 Å². The molecule has 0 bridgehead atoms. The Hall–Kier alpha value is -3.68. The third-order valence-corrected chi connectivity index (χ3v) is 4.29. The molecule has 0 amide bonds. The zero-order chi connectivity index (χ0) is 21.0. The predicted molar refractivity (Wildman–Crippen MR) is 114 cm³/mol. The van der Waals surface area contributed by atoms with E-state index in [4.69, 9.17) is 5.11 Å². The van der Waals surface area contributed by atoms with Gasteiger partial charge in [-0.15, -0.1) is 0 Å². The molecule has 0 radical (unpaired) electrons. The number of carbonyl (C=O) groups is 1. The van der Waals surface area contributed by atoms with Crippen LogP contribution in [0, 0.1) is 27.7 Å². The number of nitrogens with zero attached hydrogens (tertiary/aromatic N) is 3. The van der Waals surface area contributed by atoms with Gasteiger partial charge in [0.1, 0.15) is 6.54 Å². The lowest BCUT2D eigenvalue weighted by Gasteiger charge is -2.13. The Labute approximate surface area is 169 Å². The fraction of sp³-hybridized carbons (Fsp3) is 0.238. The SMILES string of the molecule is Cc1ccc(Nc2nc(NCC(=O)O)nc(Nc3ccc(C)cc3C)n2)c(C)c1. The lowest BCUT2D eigenvalue weighted by atomic mass is 10.1. The van der Waals surface area contributed by atoms with E-state index in [0.29, 0.717) is 11.9 Å². The molecule has 2 aromatic carbocycles. The van der Waals surface area contributed by atoms with E-state index in [1.165, 1.54) is 0 Å². The van der Waals surface area contributed by atoms with Crippen LogP contribution in [0.1, 0.15) is 22.3 Å². The summed E-state index contributed by atoms with van der Waals surface area (Å²) in [4.78, 5) is 23.9. The fourth-order valence-corrected chi connectivity index (χ4v) is 2.87. The summed E-state index contributed by atoms with van der Waals surface area (Å²) in [6, 6.07) is 12.0. The number of carboxylic acid groups (broad SMARTS) is 1. The van der Waals surface area contributed by atoms with Gasteiger partial charge in [0.15, 0.2) is 0 Å². The molecule has 0 saturated heterocycles. The fourth-order valence-electron chi connectivity index (χ4n) is 2.87. The molecule has 0 unspecified atom stereocenters. The van der Waals surface area contributed by atoms with E-state index in [0.717, 1.165) is 33.6 Å². The van der Waals surface area contributed by atoms with Crippen molar-refractivity contribution in [3.8, 4) is 0 Å². The number of hydrogen-bond acceptors (Lipinski definition) is 7. The summed E-state index contributed by atoms with van der Waals surface area (Å²) in [5.41, 5.74) is 6.14. The van der Waals surface area contributed by atoms with Gasteiger partial charge in [-0.1, -0.05) is 35.4 Å². The second kappa shape index (κ2) is 8.55. The van der Waals surface area contributed by atoms with Gasteiger partial charge in [-0.05, 0) is 51.0 Å². The highest BCUT2D eigenvalue weighted by molar-refractivity contribution is 5.72. The number of carboxylic acids is 1. The average Bonchev–Trinajstić information content (AvgIpc) is 2.65. The van der Waals surface area contributed by atoms with E-state index in [9.17, 15) is 4.79 Å². The summed E-state index contributed by atoms with van der Waals surface area (Å²) in [6.07, 6.45) is 0. The molecule has 1 aromatic heterocycles. The van der Waals surface area contributed by atoms with Gasteiger partial charge in [0.2, 0.25) is 17.8 Å². The molecule has 0 aliphatic carbocycles. The quantitative estimate of drug-likeness (QED) is 0.476. The molecular weight excluding hydrogens is 368 g/mol. The van der Waals surface area contributed by atoms with Gasteiger partial charge in [-0.2, -0.15) is 15.0 Å². The minimum Gasteiger partial charge on any atom is -0.480 e. The topological polar surface area (TPSA) is 112 Å². The molecule has 3 aromatic rings. The molecule has 0 atom stereocenters. The number of nitrogens with one attached hydrogen (secondary N) is 3. The van der Waals surface area contributed by atoms with Crippen LogP contribution < -0.4 is 16.0 Å². The molecule has 150 valence electrons. The maximum absolute atomic E-state index is 10.9. The third-order valence-electron chi connectivity index (χ3n) is 4.29. The van der Waals surface area contributed by atoms with E-state index in [-0.39, 0.29) is 12.5 Å². The van der Waals surface area contributed by atoms with Crippen LogP contribution in [0.5, 0.6) is 0 Å². The molecule has 8 nitrogen and oxygen atoms in total. The highest BCUT2D eigenvalue weighted by Gasteiger charge is 2.10. The van der Waals surface area contributed by atoms with Gasteiger partial charge in [-0.3, -0.25) is 4.79 Å². The van der Waals surface area contributed by atoms with Crippen LogP contribution in [0.4, 0.5) is 29.2 Å². The van der Waals surface area contributed by atoms with E-state index in [2.05, 4.69) is 43.0 Å². The highest BCUT2D eigenvalue weighted by atomic mass is 16.4. The van der Waals surface area contributed by atoms with Crippen molar-refractivity contribution in [2.75, 3.05) is 22.5 Å². The van der Waals surface area contributed by atoms with Gasteiger partial charge in [0.05, 0.1) is 0 Å². The van der Waals surface area contributed by atoms with Gasteiger partial charge in [-0.25, -0.2) is 0 Å². The Bertz CT molecular complexity index is 980. The molecule has 8 heteroatoms. The van der Waals surface area contributed by atoms with Crippen molar-refractivity contribution in [1.82, 2.24) is 15.0 Å². The Morgan fingerprint density at radius 1 is 0.793 bits per heavy atom. The van der Waals surface area contributed by atoms with E-state index < -0.39 is 5.97 Å². The van der Waals surface area contributed by atoms with Crippen molar-refractivity contribution in [2.24, 2.45) is 0 Å². The Kier molecular flexibility index (Phi) is 5.92. The molecule has 4 N–H and O–H groups in total. The van der Waals surface area contributed by atoms with E-state index in [1.54, 1.807) is 0 Å². The van der Waals surface area contributed by atoms with E-state index in [1.807, 2.05) is 52.0 Å². The van der Waals surface area contributed by atoms with Gasteiger partial charge in [0, 0.05) is 11.4 Å². The number of anilines is 5. The monoisotopic (exact) mass is 392 g/mol. The molecule has 0 aliphatic rings. The Morgan fingerprint density at radius 2 is 1.24 bits per heavy atom. The molecule has 3 rings (SSSR count). The van der Waals surface area contributed by atoms with Crippen molar-refractivity contribution in [3.05, 3.63) is 58.7 Å². The van der Waals surface area contributed by atoms with Crippen molar-refractivity contribution in [1.29, 1.82) is 0 Å². The Morgan fingerprint density at radius 3 is 1.66 bits per heavy atom. The summed E-state index contributed by atoms with van der Waals surface area (Å²) in [5.74, 6) is -0.209. The molecule has 0 spiro atoms. The third kappa shape index (κ3) is 5.41. The van der Waals surface area contributed by atoms with Crippen LogP contribution in [0.25, 0.3) is 0 Å². The van der Waals surface area contributed by atoms with Crippen LogP contribution >= 0.6 is 0 Å². The minimum absolute atomic E-state index is 0.168. The first-order valence-electron chi connectivity index (χ1n) is 9.20. The predicted octanol–water partition coefficient (Wildman–Crippen LogP) is 4.09. The maximum atomic E-state index is 10.9. The van der Waals surface area contributed by atoms with Crippen molar-refractivity contribution in [2.45, 2.75) is 27.7 Å². The summed E-state index contributed by atoms with van der Waals surface area (Å²) < 4.78 is 0. The largest absolute Gasteiger partial charge is 0.480 e. The number of rotatable bonds is 7. The number of aromatic nitrogens is 3. The first-order valence-corrected chi connectivity index (χ1v) is 9.20. The van der Waals surface area contributed by atoms with Gasteiger partial charge in [0.25, 0.3) is 0 Å². The van der Waals surface area contributed by atoms with Crippen LogP contribution in [0.3, 0.4) is 0 Å². The second-order valence-electron chi connectivity index (χ2n) is 6.94.